The molecule has 0 unspecified atom stereocenters. The van der Waals surface area contributed by atoms with Crippen LogP contribution in [0, 0.1) is 6.92 Å². The topological polar surface area (TPSA) is 66.2 Å². The number of carbonyl (C=O) groups is 1. The Bertz CT molecular complexity index is 915. The number of benzene rings is 1. The van der Waals surface area contributed by atoms with Gasteiger partial charge in [-0.05, 0) is 32.0 Å². The van der Waals surface area contributed by atoms with Crippen LogP contribution in [0.25, 0.3) is 22.3 Å². The lowest BCUT2D eigenvalue weighted by Gasteiger charge is -2.08. The molecule has 2 aromatic heterocycles. The van der Waals surface area contributed by atoms with E-state index in [9.17, 15) is 4.79 Å². The molecule has 0 N–H and O–H groups in total. The molecule has 0 fully saturated rings. The van der Waals surface area contributed by atoms with Gasteiger partial charge >= 0.3 is 5.97 Å². The molecule has 0 aliphatic rings. The second kappa shape index (κ2) is 6.31. The summed E-state index contributed by atoms with van der Waals surface area (Å²) in [4.78, 5) is 17.0. The van der Waals surface area contributed by atoms with Gasteiger partial charge in [-0.2, -0.15) is 5.10 Å². The van der Waals surface area contributed by atoms with Crippen LogP contribution in [-0.4, -0.2) is 35.0 Å². The smallest absolute Gasteiger partial charge is 0.338 e. The lowest BCUT2D eigenvalue weighted by Crippen LogP contribution is -2.05. The molecule has 0 aliphatic heterocycles. The van der Waals surface area contributed by atoms with Crippen LogP contribution in [0.5, 0.6) is 5.75 Å². The van der Waals surface area contributed by atoms with Crippen molar-refractivity contribution < 1.29 is 14.3 Å². The summed E-state index contributed by atoms with van der Waals surface area (Å²) >= 11 is 0. The van der Waals surface area contributed by atoms with Crippen molar-refractivity contribution in [2.75, 3.05) is 14.2 Å². The molecular weight excluding hydrogens is 306 g/mol. The van der Waals surface area contributed by atoms with Crippen LogP contribution < -0.4 is 4.74 Å². The zero-order chi connectivity index (χ0) is 17.3. The Morgan fingerprint density at radius 2 is 2.04 bits per heavy atom. The fourth-order valence-corrected chi connectivity index (χ4v) is 2.78. The minimum Gasteiger partial charge on any atom is -0.497 e. The first-order valence-electron chi connectivity index (χ1n) is 7.70. The number of esters is 1. The van der Waals surface area contributed by atoms with Gasteiger partial charge in [0.15, 0.2) is 5.65 Å². The zero-order valence-electron chi connectivity index (χ0n) is 14.2. The monoisotopic (exact) mass is 325 g/mol. The average molecular weight is 325 g/mol. The molecule has 0 saturated carbocycles. The first-order valence-corrected chi connectivity index (χ1v) is 7.70. The van der Waals surface area contributed by atoms with E-state index >= 15 is 0 Å². The summed E-state index contributed by atoms with van der Waals surface area (Å²) in [7, 11) is 2.99. The van der Waals surface area contributed by atoms with Gasteiger partial charge in [0.2, 0.25) is 0 Å². The van der Waals surface area contributed by atoms with E-state index in [0.29, 0.717) is 23.4 Å². The van der Waals surface area contributed by atoms with Gasteiger partial charge < -0.3 is 9.47 Å². The molecule has 0 radical (unpaired) electrons. The molecule has 0 bridgehead atoms. The second-order valence-electron chi connectivity index (χ2n) is 5.38. The summed E-state index contributed by atoms with van der Waals surface area (Å²) in [6.07, 6.45) is 0. The molecule has 1 aromatic carbocycles. The normalized spacial score (nSPS) is 10.8. The van der Waals surface area contributed by atoms with E-state index in [1.54, 1.807) is 17.9 Å². The highest BCUT2D eigenvalue weighted by Crippen LogP contribution is 2.29. The number of methoxy groups -OCH3 is 2. The Balaban J connectivity index is 2.31. The Morgan fingerprint density at radius 3 is 2.71 bits per heavy atom. The highest BCUT2D eigenvalue weighted by atomic mass is 16.5. The Hall–Kier alpha value is -2.89. The summed E-state index contributed by atoms with van der Waals surface area (Å²) in [5, 5.41) is 5.21. The Kier molecular flexibility index (Phi) is 4.20. The van der Waals surface area contributed by atoms with Crippen molar-refractivity contribution in [1.29, 1.82) is 0 Å². The summed E-state index contributed by atoms with van der Waals surface area (Å²) in [6.45, 7) is 4.52. The van der Waals surface area contributed by atoms with Crippen LogP contribution in [0.3, 0.4) is 0 Å². The molecule has 24 heavy (non-hydrogen) atoms. The summed E-state index contributed by atoms with van der Waals surface area (Å²) in [6, 6.07) is 9.31. The van der Waals surface area contributed by atoms with Gasteiger partial charge in [-0.3, -0.25) is 0 Å². The largest absolute Gasteiger partial charge is 0.497 e. The van der Waals surface area contributed by atoms with Crippen LogP contribution in [-0.2, 0) is 11.3 Å². The van der Waals surface area contributed by atoms with Gasteiger partial charge in [-0.1, -0.05) is 12.1 Å². The number of nitrogens with zero attached hydrogens (tertiary/aromatic N) is 3. The molecule has 3 aromatic rings. The number of rotatable bonds is 4. The van der Waals surface area contributed by atoms with Gasteiger partial charge in [-0.15, -0.1) is 0 Å². The van der Waals surface area contributed by atoms with Gasteiger partial charge in [-0.25, -0.2) is 14.5 Å². The number of fused-ring (bicyclic) bond motifs is 1. The van der Waals surface area contributed by atoms with Gasteiger partial charge in [0.1, 0.15) is 5.75 Å². The third-order valence-corrected chi connectivity index (χ3v) is 3.95. The minimum atomic E-state index is -0.398. The minimum absolute atomic E-state index is 0.398. The number of ether oxygens (including phenoxy) is 2. The van der Waals surface area contributed by atoms with Crippen molar-refractivity contribution in [2.45, 2.75) is 20.4 Å². The zero-order valence-corrected chi connectivity index (χ0v) is 14.2. The number of pyridine rings is 1. The molecule has 0 amide bonds. The molecule has 0 aliphatic carbocycles. The van der Waals surface area contributed by atoms with Gasteiger partial charge in [0.05, 0.1) is 36.6 Å². The van der Waals surface area contributed by atoms with Crippen LogP contribution in [0.15, 0.2) is 30.3 Å². The fraction of sp³-hybridized carbons (Fsp3) is 0.278. The van der Waals surface area contributed by atoms with Crippen LogP contribution in [0.1, 0.15) is 23.0 Å². The molecule has 6 nitrogen and oxygen atoms in total. The predicted octanol–water partition coefficient (Wildman–Crippen LogP) is 3.22. The molecule has 3 rings (SSSR count). The van der Waals surface area contributed by atoms with Crippen LogP contribution in [0.2, 0.25) is 0 Å². The standard InChI is InChI=1S/C18H19N3O3/c1-5-21-17-16(11(2)20-21)14(18(22)24-4)10-15(19-17)12-7-6-8-13(9-12)23-3/h6-10H,5H2,1-4H3. The van der Waals surface area contributed by atoms with E-state index in [1.165, 1.54) is 7.11 Å². The predicted molar refractivity (Wildman–Crippen MR) is 91.3 cm³/mol. The first-order chi connectivity index (χ1) is 11.6. The van der Waals surface area contributed by atoms with E-state index in [2.05, 4.69) is 5.10 Å². The van der Waals surface area contributed by atoms with Crippen molar-refractivity contribution in [3.05, 3.63) is 41.6 Å². The average Bonchev–Trinajstić information content (AvgIpc) is 2.96. The first kappa shape index (κ1) is 16.0. The maximum Gasteiger partial charge on any atom is 0.338 e. The van der Waals surface area contributed by atoms with E-state index in [-0.39, 0.29) is 0 Å². The molecule has 0 atom stereocenters. The molecule has 124 valence electrons. The van der Waals surface area contributed by atoms with Gasteiger partial charge in [0.25, 0.3) is 0 Å². The maximum atomic E-state index is 12.3. The van der Waals surface area contributed by atoms with Crippen molar-refractivity contribution in [3.63, 3.8) is 0 Å². The number of aryl methyl sites for hydroxylation is 2. The highest BCUT2D eigenvalue weighted by Gasteiger charge is 2.20. The SMILES string of the molecule is CCn1nc(C)c2c(C(=O)OC)cc(-c3cccc(OC)c3)nc21. The Morgan fingerprint density at radius 1 is 1.25 bits per heavy atom. The van der Waals surface area contributed by atoms with E-state index in [0.717, 1.165) is 22.4 Å². The summed E-state index contributed by atoms with van der Waals surface area (Å²) < 4.78 is 12.0. The van der Waals surface area contributed by atoms with Crippen molar-refractivity contribution >= 4 is 17.0 Å². The van der Waals surface area contributed by atoms with Crippen molar-refractivity contribution in [3.8, 4) is 17.0 Å². The van der Waals surface area contributed by atoms with Crippen molar-refractivity contribution in [1.82, 2.24) is 14.8 Å². The van der Waals surface area contributed by atoms with E-state index < -0.39 is 5.97 Å². The Labute approximate surface area is 140 Å². The lowest BCUT2D eigenvalue weighted by molar-refractivity contribution is 0.0603. The van der Waals surface area contributed by atoms with Crippen LogP contribution >= 0.6 is 0 Å². The quantitative estimate of drug-likeness (QED) is 0.689. The summed E-state index contributed by atoms with van der Waals surface area (Å²) in [5.74, 6) is 0.333. The van der Waals surface area contributed by atoms with E-state index in [1.807, 2.05) is 38.1 Å². The summed E-state index contributed by atoms with van der Waals surface area (Å²) in [5.41, 5.74) is 3.45. The van der Waals surface area contributed by atoms with Crippen molar-refractivity contribution in [2.24, 2.45) is 0 Å². The van der Waals surface area contributed by atoms with E-state index in [4.69, 9.17) is 14.5 Å². The molecule has 2 heterocycles. The number of aromatic nitrogens is 3. The molecular formula is C18H19N3O3. The fourth-order valence-electron chi connectivity index (χ4n) is 2.78. The number of hydrogen-bond donors (Lipinski definition) is 0. The second-order valence-corrected chi connectivity index (χ2v) is 5.38. The molecule has 0 spiro atoms. The molecule has 6 heteroatoms. The van der Waals surface area contributed by atoms with Gasteiger partial charge in [0, 0.05) is 12.1 Å². The third-order valence-electron chi connectivity index (χ3n) is 3.95. The third kappa shape index (κ3) is 2.60. The lowest BCUT2D eigenvalue weighted by atomic mass is 10.1. The maximum absolute atomic E-state index is 12.3. The molecule has 0 saturated heterocycles. The van der Waals surface area contributed by atoms with Crippen LogP contribution in [0.4, 0.5) is 0 Å². The highest BCUT2D eigenvalue weighted by molar-refractivity contribution is 6.04. The number of carbonyl (C=O) groups excluding carboxylic acids is 1. The number of hydrogen-bond acceptors (Lipinski definition) is 5.